The zero-order valence-corrected chi connectivity index (χ0v) is 13.4. The Morgan fingerprint density at radius 2 is 2.35 bits per heavy atom. The number of hydrogen-bond donors (Lipinski definition) is 1. The number of fused-ring (bicyclic) bond motifs is 1. The first-order valence-electron chi connectivity index (χ1n) is 7.72. The normalized spacial score (nSPS) is 14.9. The fourth-order valence-electron chi connectivity index (χ4n) is 2.70. The van der Waals surface area contributed by atoms with Crippen molar-refractivity contribution in [1.29, 1.82) is 0 Å². The highest BCUT2D eigenvalue weighted by atomic mass is 16.5. The van der Waals surface area contributed by atoms with E-state index in [1.165, 1.54) is 17.3 Å². The summed E-state index contributed by atoms with van der Waals surface area (Å²) in [4.78, 5) is 17.9. The quantitative estimate of drug-likeness (QED) is 0.691. The highest BCUT2D eigenvalue weighted by Crippen LogP contribution is 2.28. The van der Waals surface area contributed by atoms with Crippen LogP contribution in [0, 0.1) is 0 Å². The minimum atomic E-state index is -0.350. The fraction of sp³-hybridized carbons (Fsp3) is 0.353. The van der Waals surface area contributed by atoms with E-state index in [1.807, 2.05) is 6.07 Å². The van der Waals surface area contributed by atoms with Crippen LogP contribution in [0.25, 0.3) is 17.3 Å². The molecular formula is C17H20N4O2. The zero-order valence-electron chi connectivity index (χ0n) is 13.4. The molecule has 2 aromatic heterocycles. The number of nitrogens with one attached hydrogen (secondary N) is 1. The lowest BCUT2D eigenvalue weighted by atomic mass is 10.0. The maximum atomic E-state index is 11.4. The summed E-state index contributed by atoms with van der Waals surface area (Å²) in [5.41, 5.74) is 5.16. The van der Waals surface area contributed by atoms with E-state index in [2.05, 4.69) is 27.1 Å². The lowest BCUT2D eigenvalue weighted by Gasteiger charge is -2.22. The molecule has 3 rings (SSSR count). The van der Waals surface area contributed by atoms with Gasteiger partial charge in [0.1, 0.15) is 0 Å². The molecule has 23 heavy (non-hydrogen) atoms. The number of ether oxygens (including phenoxy) is 1. The summed E-state index contributed by atoms with van der Waals surface area (Å²) in [6.07, 6.45) is 7.61. The van der Waals surface area contributed by atoms with E-state index in [0.717, 1.165) is 36.3 Å². The van der Waals surface area contributed by atoms with E-state index in [-0.39, 0.29) is 5.97 Å². The molecule has 120 valence electrons. The van der Waals surface area contributed by atoms with Gasteiger partial charge in [-0.25, -0.2) is 4.79 Å². The van der Waals surface area contributed by atoms with Crippen LogP contribution in [0.15, 0.2) is 24.5 Å². The number of likely N-dealkylation sites (N-methyl/N-ethyl adjacent to an activating group) is 1. The molecule has 0 saturated heterocycles. The highest BCUT2D eigenvalue weighted by Gasteiger charge is 2.20. The van der Waals surface area contributed by atoms with Gasteiger partial charge in [-0.2, -0.15) is 5.10 Å². The van der Waals surface area contributed by atoms with Gasteiger partial charge in [0.25, 0.3) is 0 Å². The van der Waals surface area contributed by atoms with Crippen LogP contribution in [0.1, 0.15) is 23.7 Å². The van der Waals surface area contributed by atoms with E-state index in [0.29, 0.717) is 6.61 Å². The largest absolute Gasteiger partial charge is 0.463 e. The summed E-state index contributed by atoms with van der Waals surface area (Å²) in [5, 5.41) is 7.60. The number of rotatable bonds is 4. The summed E-state index contributed by atoms with van der Waals surface area (Å²) >= 11 is 0. The second kappa shape index (κ2) is 6.75. The maximum Gasteiger partial charge on any atom is 0.330 e. The number of H-pyrrole nitrogens is 1. The third-order valence-electron chi connectivity index (χ3n) is 3.86. The number of hydrogen-bond acceptors (Lipinski definition) is 5. The van der Waals surface area contributed by atoms with Gasteiger partial charge in [0.2, 0.25) is 0 Å². The molecule has 0 aromatic carbocycles. The third kappa shape index (κ3) is 3.48. The lowest BCUT2D eigenvalue weighted by Crippen LogP contribution is -2.26. The Bertz CT molecular complexity index is 736. The Balaban J connectivity index is 1.86. The first-order valence-corrected chi connectivity index (χ1v) is 7.72. The van der Waals surface area contributed by atoms with Crippen molar-refractivity contribution in [2.45, 2.75) is 19.9 Å². The first-order chi connectivity index (χ1) is 11.2. The smallest absolute Gasteiger partial charge is 0.330 e. The summed E-state index contributed by atoms with van der Waals surface area (Å²) in [6, 6.07) is 1.98. The average Bonchev–Trinajstić information content (AvgIpc) is 2.96. The molecule has 0 fully saturated rings. The monoisotopic (exact) mass is 312 g/mol. The Morgan fingerprint density at radius 1 is 1.48 bits per heavy atom. The standard InChI is InChI=1S/C17H20N4O2/c1-3-23-16(22)5-4-12-8-13(10-18-9-12)17-14-11-21(2)7-6-15(14)19-20-17/h4-5,8-10H,3,6-7,11H2,1-2H3,(H,19,20). The average molecular weight is 312 g/mol. The second-order valence-corrected chi connectivity index (χ2v) is 5.61. The second-order valence-electron chi connectivity index (χ2n) is 5.61. The number of esters is 1. The molecule has 0 bridgehead atoms. The van der Waals surface area contributed by atoms with Crippen molar-refractivity contribution in [3.8, 4) is 11.3 Å². The molecule has 0 unspecified atom stereocenters. The van der Waals surface area contributed by atoms with Crippen LogP contribution in [0.2, 0.25) is 0 Å². The Kier molecular flexibility index (Phi) is 4.52. The van der Waals surface area contributed by atoms with Gasteiger partial charge in [0.15, 0.2) is 0 Å². The molecule has 2 aromatic rings. The van der Waals surface area contributed by atoms with Crippen LogP contribution < -0.4 is 0 Å². The Hall–Kier alpha value is -2.47. The van der Waals surface area contributed by atoms with Crippen molar-refractivity contribution in [3.05, 3.63) is 41.4 Å². The van der Waals surface area contributed by atoms with Crippen LogP contribution >= 0.6 is 0 Å². The number of nitrogens with zero attached hydrogens (tertiary/aromatic N) is 3. The molecule has 0 radical (unpaired) electrons. The molecule has 3 heterocycles. The summed E-state index contributed by atoms with van der Waals surface area (Å²) < 4.78 is 4.88. The summed E-state index contributed by atoms with van der Waals surface area (Å²) in [5.74, 6) is -0.350. The number of pyridine rings is 1. The van der Waals surface area contributed by atoms with Crippen molar-refractivity contribution >= 4 is 12.0 Å². The van der Waals surface area contributed by atoms with Crippen molar-refractivity contribution < 1.29 is 9.53 Å². The first kappa shape index (κ1) is 15.4. The van der Waals surface area contributed by atoms with Gasteiger partial charge in [-0.05, 0) is 31.7 Å². The van der Waals surface area contributed by atoms with E-state index in [4.69, 9.17) is 4.74 Å². The lowest BCUT2D eigenvalue weighted by molar-refractivity contribution is -0.137. The Labute approximate surface area is 135 Å². The predicted molar refractivity (Wildman–Crippen MR) is 87.5 cm³/mol. The molecule has 0 saturated carbocycles. The molecule has 1 N–H and O–H groups in total. The van der Waals surface area contributed by atoms with E-state index >= 15 is 0 Å². The van der Waals surface area contributed by atoms with Gasteiger partial charge in [0.05, 0.1) is 12.3 Å². The van der Waals surface area contributed by atoms with Crippen LogP contribution in [-0.2, 0) is 22.5 Å². The molecule has 0 atom stereocenters. The maximum absolute atomic E-state index is 11.4. The van der Waals surface area contributed by atoms with Gasteiger partial charge < -0.3 is 9.64 Å². The van der Waals surface area contributed by atoms with Crippen LogP contribution in [0.4, 0.5) is 0 Å². The van der Waals surface area contributed by atoms with E-state index in [9.17, 15) is 4.79 Å². The van der Waals surface area contributed by atoms with Crippen molar-refractivity contribution in [2.75, 3.05) is 20.2 Å². The highest BCUT2D eigenvalue weighted by molar-refractivity contribution is 5.87. The van der Waals surface area contributed by atoms with Crippen molar-refractivity contribution in [3.63, 3.8) is 0 Å². The van der Waals surface area contributed by atoms with Gasteiger partial charge in [-0.3, -0.25) is 10.1 Å². The van der Waals surface area contributed by atoms with Gasteiger partial charge in [-0.15, -0.1) is 0 Å². The molecule has 1 aliphatic rings. The molecular weight excluding hydrogens is 292 g/mol. The number of aromatic nitrogens is 3. The van der Waals surface area contributed by atoms with Gasteiger partial charge >= 0.3 is 5.97 Å². The molecule has 0 aliphatic carbocycles. The molecule has 1 aliphatic heterocycles. The predicted octanol–water partition coefficient (Wildman–Crippen LogP) is 2.04. The fourth-order valence-corrected chi connectivity index (χ4v) is 2.70. The Morgan fingerprint density at radius 3 is 3.17 bits per heavy atom. The number of carbonyl (C=O) groups excluding carboxylic acids is 1. The summed E-state index contributed by atoms with van der Waals surface area (Å²) in [6.45, 7) is 4.07. The van der Waals surface area contributed by atoms with Gasteiger partial charge in [-0.1, -0.05) is 0 Å². The minimum Gasteiger partial charge on any atom is -0.463 e. The van der Waals surface area contributed by atoms with Crippen molar-refractivity contribution in [2.24, 2.45) is 0 Å². The number of carbonyl (C=O) groups is 1. The van der Waals surface area contributed by atoms with Crippen LogP contribution in [0.5, 0.6) is 0 Å². The van der Waals surface area contributed by atoms with E-state index in [1.54, 1.807) is 25.4 Å². The molecule has 0 spiro atoms. The van der Waals surface area contributed by atoms with Crippen molar-refractivity contribution in [1.82, 2.24) is 20.1 Å². The molecule has 0 amide bonds. The minimum absolute atomic E-state index is 0.350. The van der Waals surface area contributed by atoms with E-state index < -0.39 is 0 Å². The molecule has 6 nitrogen and oxygen atoms in total. The molecule has 6 heteroatoms. The van der Waals surface area contributed by atoms with Gasteiger partial charge in [0, 0.05) is 54.8 Å². The SMILES string of the molecule is CCOC(=O)C=Cc1cncc(-c2n[nH]c3c2CN(C)CC3)c1. The van der Waals surface area contributed by atoms with Crippen LogP contribution in [0.3, 0.4) is 0 Å². The topological polar surface area (TPSA) is 71.1 Å². The number of aromatic amines is 1. The van der Waals surface area contributed by atoms with Crippen LogP contribution in [-0.4, -0.2) is 46.2 Å². The summed E-state index contributed by atoms with van der Waals surface area (Å²) in [7, 11) is 2.11. The third-order valence-corrected chi connectivity index (χ3v) is 3.86. The zero-order chi connectivity index (χ0) is 16.2.